The topological polar surface area (TPSA) is 134 Å². The Hall–Kier alpha value is -2.44. The van der Waals surface area contributed by atoms with E-state index < -0.39 is 48.4 Å². The predicted octanol–water partition coefficient (Wildman–Crippen LogP) is -1.09. The van der Waals surface area contributed by atoms with E-state index in [1.165, 1.54) is 5.32 Å². The first-order chi connectivity index (χ1) is 12.1. The van der Waals surface area contributed by atoms with Crippen molar-refractivity contribution in [3.8, 4) is 0 Å². The van der Waals surface area contributed by atoms with E-state index >= 15 is 0 Å². The number of aliphatic hydroxyl groups excluding tert-OH is 2. The summed E-state index contributed by atoms with van der Waals surface area (Å²) in [6, 6.07) is 0. The molecule has 0 aromatic carbocycles. The molecule has 4 N–H and O–H groups in total. The average molecular weight is 379 g/mol. The van der Waals surface area contributed by atoms with Crippen molar-refractivity contribution in [2.24, 2.45) is 0 Å². The van der Waals surface area contributed by atoms with Gasteiger partial charge in [0.25, 0.3) is 5.56 Å². The van der Waals surface area contributed by atoms with Crippen LogP contribution in [-0.2, 0) is 16.0 Å². The van der Waals surface area contributed by atoms with Crippen molar-refractivity contribution in [1.82, 2.24) is 14.9 Å². The Bertz CT molecular complexity index is 800. The van der Waals surface area contributed by atoms with Crippen molar-refractivity contribution >= 4 is 5.91 Å². The largest absolute Gasteiger partial charge is 0.471 e. The lowest BCUT2D eigenvalue weighted by Gasteiger charge is -2.15. The summed E-state index contributed by atoms with van der Waals surface area (Å²) in [5.74, 6) is -2.16. The van der Waals surface area contributed by atoms with Gasteiger partial charge < -0.3 is 20.3 Å². The van der Waals surface area contributed by atoms with Crippen LogP contribution in [-0.4, -0.2) is 50.7 Å². The van der Waals surface area contributed by atoms with E-state index in [0.717, 1.165) is 23.0 Å². The van der Waals surface area contributed by atoms with Gasteiger partial charge in [-0.1, -0.05) is 6.08 Å². The van der Waals surface area contributed by atoms with Gasteiger partial charge in [-0.15, -0.1) is 0 Å². The summed E-state index contributed by atoms with van der Waals surface area (Å²) in [7, 11) is 0. The molecule has 1 aliphatic heterocycles. The van der Waals surface area contributed by atoms with Crippen LogP contribution in [0.5, 0.6) is 0 Å². The van der Waals surface area contributed by atoms with E-state index in [1.54, 1.807) is 0 Å². The number of alkyl halides is 3. The maximum atomic E-state index is 12.0. The number of aromatic nitrogens is 2. The summed E-state index contributed by atoms with van der Waals surface area (Å²) in [4.78, 5) is 36.3. The van der Waals surface area contributed by atoms with Gasteiger partial charge in [-0.25, -0.2) is 4.79 Å². The molecule has 1 aromatic heterocycles. The number of aliphatic hydroxyl groups is 2. The maximum Gasteiger partial charge on any atom is 0.471 e. The minimum Gasteiger partial charge on any atom is -0.394 e. The van der Waals surface area contributed by atoms with E-state index in [0.29, 0.717) is 0 Å². The number of hydrogen-bond acceptors (Lipinski definition) is 6. The number of nitrogens with one attached hydrogen (secondary N) is 2. The molecule has 0 aliphatic carbocycles. The fraction of sp³-hybridized carbons (Fsp3) is 0.500. The lowest BCUT2D eigenvalue weighted by Crippen LogP contribution is -2.34. The van der Waals surface area contributed by atoms with E-state index in [-0.39, 0.29) is 18.4 Å². The van der Waals surface area contributed by atoms with Crippen LogP contribution in [0.3, 0.4) is 0 Å². The molecule has 0 unspecified atom stereocenters. The third kappa shape index (κ3) is 4.59. The van der Waals surface area contributed by atoms with Crippen LogP contribution in [0.15, 0.2) is 28.1 Å². The predicted molar refractivity (Wildman–Crippen MR) is 80.0 cm³/mol. The number of nitrogens with zero attached hydrogens (tertiary/aromatic N) is 1. The van der Waals surface area contributed by atoms with E-state index in [2.05, 4.69) is 0 Å². The zero-order chi connectivity index (χ0) is 19.5. The van der Waals surface area contributed by atoms with E-state index in [9.17, 15) is 32.7 Å². The Labute approximate surface area is 143 Å². The number of ether oxygens (including phenoxy) is 1. The summed E-state index contributed by atoms with van der Waals surface area (Å²) in [6.45, 7) is -0.454. The smallest absolute Gasteiger partial charge is 0.394 e. The van der Waals surface area contributed by atoms with Crippen LogP contribution in [0.25, 0.3) is 0 Å². The number of allylic oxidation sites excluding steroid dienone is 1. The molecule has 26 heavy (non-hydrogen) atoms. The first kappa shape index (κ1) is 19.9. The van der Waals surface area contributed by atoms with Gasteiger partial charge in [-0.3, -0.25) is 19.1 Å². The Kier molecular flexibility index (Phi) is 6.00. The monoisotopic (exact) mass is 379 g/mol. The molecule has 1 saturated heterocycles. The second-order valence-corrected chi connectivity index (χ2v) is 5.51. The third-order valence-electron chi connectivity index (χ3n) is 3.66. The molecule has 144 valence electrons. The summed E-state index contributed by atoms with van der Waals surface area (Å²) < 4.78 is 42.4. The molecule has 12 heteroatoms. The SMILES string of the molecule is O=C(NC=CCc1cn([C@H]2C[C@H](O)[C@@H](CO)O2)c(=O)[nH]c1=O)C(F)(F)F. The summed E-state index contributed by atoms with van der Waals surface area (Å²) >= 11 is 0. The highest BCUT2D eigenvalue weighted by Gasteiger charge is 2.38. The third-order valence-corrected chi connectivity index (χ3v) is 3.66. The molecule has 0 radical (unpaired) electrons. The molecule has 2 rings (SSSR count). The molecule has 0 saturated carbocycles. The normalized spacial score (nSPS) is 23.5. The number of H-pyrrole nitrogens is 1. The summed E-state index contributed by atoms with van der Waals surface area (Å²) in [5.41, 5.74) is -1.54. The Morgan fingerprint density at radius 3 is 2.73 bits per heavy atom. The van der Waals surface area contributed by atoms with Gasteiger partial charge in [-0.05, 0) is 6.42 Å². The summed E-state index contributed by atoms with van der Waals surface area (Å²) in [6.07, 6.45) is -5.00. The Morgan fingerprint density at radius 2 is 2.15 bits per heavy atom. The number of halogens is 3. The molecule has 3 atom stereocenters. The van der Waals surface area contributed by atoms with Gasteiger partial charge in [0.05, 0.1) is 12.7 Å². The highest BCUT2D eigenvalue weighted by atomic mass is 19.4. The minimum atomic E-state index is -5.03. The van der Waals surface area contributed by atoms with Crippen molar-refractivity contribution in [2.45, 2.75) is 37.5 Å². The molecule has 2 heterocycles. The van der Waals surface area contributed by atoms with E-state index in [4.69, 9.17) is 9.84 Å². The Balaban J connectivity index is 2.12. The molecule has 9 nitrogen and oxygen atoms in total. The van der Waals surface area contributed by atoms with Gasteiger partial charge >= 0.3 is 17.8 Å². The standard InChI is InChI=1S/C14H16F3N3O6/c15-14(16,17)12(24)18-3-1-2-7-5-20(13(25)19-11(7)23)10-4-8(22)9(6-21)26-10/h1,3,5,8-10,21-22H,2,4,6H2,(H,18,24)(H,19,23,25)/t8-,9+,10+/m0/s1. The number of hydrogen-bond donors (Lipinski definition) is 4. The lowest BCUT2D eigenvalue weighted by atomic mass is 10.2. The molecular formula is C14H16F3N3O6. The zero-order valence-corrected chi connectivity index (χ0v) is 13.2. The van der Waals surface area contributed by atoms with Crippen LogP contribution in [0.1, 0.15) is 18.2 Å². The van der Waals surface area contributed by atoms with Crippen molar-refractivity contribution in [1.29, 1.82) is 0 Å². The van der Waals surface area contributed by atoms with Gasteiger partial charge in [-0.2, -0.15) is 13.2 Å². The first-order valence-corrected chi connectivity index (χ1v) is 7.45. The number of rotatable bonds is 5. The molecule has 1 fully saturated rings. The number of amides is 1. The average Bonchev–Trinajstić information content (AvgIpc) is 2.92. The van der Waals surface area contributed by atoms with Gasteiger partial charge in [0.2, 0.25) is 0 Å². The van der Waals surface area contributed by atoms with Gasteiger partial charge in [0.1, 0.15) is 12.3 Å². The van der Waals surface area contributed by atoms with Gasteiger partial charge in [0, 0.05) is 24.4 Å². The molecule has 1 aliphatic rings. The molecular weight excluding hydrogens is 363 g/mol. The van der Waals surface area contributed by atoms with Crippen LogP contribution in [0, 0.1) is 0 Å². The fourth-order valence-electron chi connectivity index (χ4n) is 2.34. The number of carbonyl (C=O) groups excluding carboxylic acids is 1. The van der Waals surface area contributed by atoms with E-state index in [1.807, 2.05) is 4.98 Å². The van der Waals surface area contributed by atoms with Crippen molar-refractivity contribution < 1.29 is 32.9 Å². The van der Waals surface area contributed by atoms with Gasteiger partial charge in [0.15, 0.2) is 0 Å². The summed E-state index contributed by atoms with van der Waals surface area (Å²) in [5, 5.41) is 20.3. The maximum absolute atomic E-state index is 12.0. The van der Waals surface area contributed by atoms with Crippen LogP contribution < -0.4 is 16.6 Å². The fourth-order valence-corrected chi connectivity index (χ4v) is 2.34. The first-order valence-electron chi connectivity index (χ1n) is 7.45. The van der Waals surface area contributed by atoms with Crippen molar-refractivity contribution in [3.05, 3.63) is 44.9 Å². The molecule has 0 spiro atoms. The van der Waals surface area contributed by atoms with Crippen molar-refractivity contribution in [2.75, 3.05) is 6.61 Å². The van der Waals surface area contributed by atoms with Crippen molar-refractivity contribution in [3.63, 3.8) is 0 Å². The molecule has 1 amide bonds. The minimum absolute atomic E-state index is 0.00803. The number of carbonyl (C=O) groups is 1. The molecule has 0 bridgehead atoms. The highest BCUT2D eigenvalue weighted by molar-refractivity contribution is 5.82. The zero-order valence-electron chi connectivity index (χ0n) is 13.2. The lowest BCUT2D eigenvalue weighted by molar-refractivity contribution is -0.172. The van der Waals surface area contributed by atoms with Crippen LogP contribution in [0.4, 0.5) is 13.2 Å². The highest BCUT2D eigenvalue weighted by Crippen LogP contribution is 2.27. The Morgan fingerprint density at radius 1 is 1.46 bits per heavy atom. The molecule has 1 aromatic rings. The van der Waals surface area contributed by atoms with Crippen LogP contribution in [0.2, 0.25) is 0 Å². The van der Waals surface area contributed by atoms with Crippen LogP contribution >= 0.6 is 0 Å². The second kappa shape index (κ2) is 7.85. The second-order valence-electron chi connectivity index (χ2n) is 5.51. The quantitative estimate of drug-likeness (QED) is 0.514. The number of aromatic amines is 1.